The lowest BCUT2D eigenvalue weighted by molar-refractivity contribution is -0.603. The Morgan fingerprint density at radius 3 is 2.17 bits per heavy atom. The van der Waals surface area contributed by atoms with E-state index < -0.39 is 17.6 Å². The summed E-state index contributed by atoms with van der Waals surface area (Å²) in [6, 6.07) is 16.6. The van der Waals surface area contributed by atoms with E-state index in [1.54, 1.807) is 39.0 Å². The van der Waals surface area contributed by atoms with Crippen molar-refractivity contribution in [2.45, 2.75) is 26.4 Å². The molecule has 0 aliphatic carbocycles. The minimum Gasteiger partial charge on any atom is -0.619 e. The molecule has 2 aromatic heterocycles. The van der Waals surface area contributed by atoms with Crippen molar-refractivity contribution in [3.8, 4) is 22.4 Å². The van der Waals surface area contributed by atoms with Gasteiger partial charge in [-0.2, -0.15) is 4.73 Å². The van der Waals surface area contributed by atoms with Crippen LogP contribution in [0, 0.1) is 11.0 Å². The monoisotopic (exact) mass is 474 g/mol. The third kappa shape index (κ3) is 5.70. The Labute approximate surface area is 200 Å². The SMILES string of the molecule is CC(C)(C)OC(=O)NNC(=O)c1cc(-c2ccc(-c3ccc(F)cc3)cc2)nc2cc[n+]([O-])cc12. The Hall–Kier alpha value is -4.53. The van der Waals surface area contributed by atoms with Crippen molar-refractivity contribution in [3.05, 3.63) is 89.6 Å². The summed E-state index contributed by atoms with van der Waals surface area (Å²) in [5, 5.41) is 12.2. The molecule has 0 aliphatic rings. The molecule has 4 rings (SSSR count). The fraction of sp³-hybridized carbons (Fsp3) is 0.154. The van der Waals surface area contributed by atoms with Crippen LogP contribution in [-0.2, 0) is 4.74 Å². The molecule has 35 heavy (non-hydrogen) atoms. The predicted molar refractivity (Wildman–Crippen MR) is 128 cm³/mol. The number of hydrogen-bond donors (Lipinski definition) is 2. The highest BCUT2D eigenvalue weighted by Gasteiger charge is 2.19. The van der Waals surface area contributed by atoms with Gasteiger partial charge in [0.25, 0.3) is 5.91 Å². The maximum atomic E-state index is 13.2. The number of nitrogens with one attached hydrogen (secondary N) is 2. The number of carbonyl (C=O) groups excluding carboxylic acids is 2. The van der Waals surface area contributed by atoms with Gasteiger partial charge in [-0.1, -0.05) is 36.4 Å². The van der Waals surface area contributed by atoms with Crippen molar-refractivity contribution in [1.82, 2.24) is 15.8 Å². The van der Waals surface area contributed by atoms with Crippen LogP contribution in [0.1, 0.15) is 31.1 Å². The standard InChI is InChI=1S/C26H23FN4O4/c1-26(2,3)35-25(33)30-29-24(32)20-14-23(28-22-12-13-31(34)15-21(20)22)18-6-4-16(5-7-18)17-8-10-19(27)11-9-17/h4-15H,1-3H3,(H,29,32)(H,30,33). The number of hydrogen-bond acceptors (Lipinski definition) is 5. The van der Waals surface area contributed by atoms with E-state index in [1.165, 1.54) is 30.6 Å². The van der Waals surface area contributed by atoms with Crippen LogP contribution in [0.5, 0.6) is 0 Å². The number of hydrazine groups is 1. The molecule has 2 aromatic carbocycles. The first kappa shape index (κ1) is 23.6. The minimum atomic E-state index is -0.820. The summed E-state index contributed by atoms with van der Waals surface area (Å²) in [6.07, 6.45) is 1.71. The van der Waals surface area contributed by atoms with E-state index in [0.29, 0.717) is 21.3 Å². The van der Waals surface area contributed by atoms with Crippen molar-refractivity contribution in [2.75, 3.05) is 0 Å². The Kier molecular flexibility index (Phi) is 6.33. The van der Waals surface area contributed by atoms with Gasteiger partial charge in [-0.05, 0) is 50.1 Å². The first-order valence-electron chi connectivity index (χ1n) is 10.8. The van der Waals surface area contributed by atoms with Gasteiger partial charge in [-0.25, -0.2) is 19.6 Å². The number of aromatic nitrogens is 2. The average Bonchev–Trinajstić information content (AvgIpc) is 2.81. The van der Waals surface area contributed by atoms with Crippen LogP contribution in [0.2, 0.25) is 0 Å². The first-order valence-corrected chi connectivity index (χ1v) is 10.8. The lowest BCUT2D eigenvalue weighted by Crippen LogP contribution is -2.44. The molecule has 4 aromatic rings. The van der Waals surface area contributed by atoms with Gasteiger partial charge in [0.05, 0.1) is 22.2 Å². The third-order valence-corrected chi connectivity index (χ3v) is 5.00. The minimum absolute atomic E-state index is 0.147. The predicted octanol–water partition coefficient (Wildman–Crippen LogP) is 4.51. The van der Waals surface area contributed by atoms with Crippen LogP contribution in [0.25, 0.3) is 33.3 Å². The van der Waals surface area contributed by atoms with Crippen LogP contribution in [0.15, 0.2) is 73.1 Å². The van der Waals surface area contributed by atoms with Crippen LogP contribution in [-0.4, -0.2) is 22.6 Å². The molecule has 0 aliphatic heterocycles. The summed E-state index contributed by atoms with van der Waals surface area (Å²) >= 11 is 0. The molecule has 8 nitrogen and oxygen atoms in total. The van der Waals surface area contributed by atoms with Crippen molar-refractivity contribution in [2.24, 2.45) is 0 Å². The second-order valence-electron chi connectivity index (χ2n) is 8.82. The van der Waals surface area contributed by atoms with Gasteiger partial charge in [0, 0.05) is 11.6 Å². The molecule has 0 fully saturated rings. The smallest absolute Gasteiger partial charge is 0.426 e. The largest absolute Gasteiger partial charge is 0.619 e. The summed E-state index contributed by atoms with van der Waals surface area (Å²) in [6.45, 7) is 5.10. The molecule has 178 valence electrons. The van der Waals surface area contributed by atoms with E-state index in [1.807, 2.05) is 24.3 Å². The molecule has 9 heteroatoms. The Morgan fingerprint density at radius 1 is 0.943 bits per heavy atom. The molecule has 0 atom stereocenters. The van der Waals surface area contributed by atoms with Crippen molar-refractivity contribution >= 4 is 22.9 Å². The summed E-state index contributed by atoms with van der Waals surface area (Å²) in [5.41, 5.74) is 7.34. The normalized spacial score (nSPS) is 11.2. The quantitative estimate of drug-likeness (QED) is 0.258. The zero-order chi connectivity index (χ0) is 25.2. The maximum absolute atomic E-state index is 13.2. The number of pyridine rings is 2. The number of fused-ring (bicyclic) bond motifs is 1. The molecule has 0 unspecified atom stereocenters. The van der Waals surface area contributed by atoms with Crippen molar-refractivity contribution in [1.29, 1.82) is 0 Å². The van der Waals surface area contributed by atoms with Gasteiger partial charge in [0.2, 0.25) is 0 Å². The fourth-order valence-electron chi connectivity index (χ4n) is 3.44. The van der Waals surface area contributed by atoms with Gasteiger partial charge >= 0.3 is 6.09 Å². The lowest BCUT2D eigenvalue weighted by atomic mass is 10.0. The lowest BCUT2D eigenvalue weighted by Gasteiger charge is -2.19. The highest BCUT2D eigenvalue weighted by molar-refractivity contribution is 6.07. The summed E-state index contributed by atoms with van der Waals surface area (Å²) in [4.78, 5) is 29.5. The van der Waals surface area contributed by atoms with Gasteiger partial charge in [-0.15, -0.1) is 0 Å². The van der Waals surface area contributed by atoms with Gasteiger partial charge in [-0.3, -0.25) is 10.2 Å². The third-order valence-electron chi connectivity index (χ3n) is 5.00. The topological polar surface area (TPSA) is 107 Å². The number of halogens is 1. The molecule has 0 radical (unpaired) electrons. The number of carbonyl (C=O) groups is 2. The van der Waals surface area contributed by atoms with Crippen LogP contribution >= 0.6 is 0 Å². The molecule has 2 heterocycles. The molecule has 2 N–H and O–H groups in total. The van der Waals surface area contributed by atoms with Gasteiger partial charge < -0.3 is 9.94 Å². The number of amides is 2. The van der Waals surface area contributed by atoms with Crippen LogP contribution in [0.4, 0.5) is 9.18 Å². The zero-order valence-corrected chi connectivity index (χ0v) is 19.3. The molecule has 0 saturated carbocycles. The van der Waals surface area contributed by atoms with Crippen molar-refractivity contribution < 1.29 is 23.4 Å². The average molecular weight is 474 g/mol. The number of rotatable bonds is 3. The van der Waals surface area contributed by atoms with E-state index in [4.69, 9.17) is 4.74 Å². The molecule has 2 amide bonds. The van der Waals surface area contributed by atoms with E-state index in [2.05, 4.69) is 15.8 Å². The molecule has 0 bridgehead atoms. The molecule has 0 spiro atoms. The second-order valence-corrected chi connectivity index (χ2v) is 8.82. The summed E-state index contributed by atoms with van der Waals surface area (Å²) < 4.78 is 18.9. The van der Waals surface area contributed by atoms with E-state index >= 15 is 0 Å². The summed E-state index contributed by atoms with van der Waals surface area (Å²) in [7, 11) is 0. The molecular formula is C26H23FN4O4. The number of ether oxygens (including phenoxy) is 1. The fourth-order valence-corrected chi connectivity index (χ4v) is 3.44. The van der Waals surface area contributed by atoms with E-state index in [0.717, 1.165) is 16.7 Å². The molecule has 0 saturated heterocycles. The van der Waals surface area contributed by atoms with Crippen LogP contribution < -0.4 is 15.6 Å². The highest BCUT2D eigenvalue weighted by atomic mass is 19.1. The van der Waals surface area contributed by atoms with Crippen molar-refractivity contribution in [3.63, 3.8) is 0 Å². The molecular weight excluding hydrogens is 451 g/mol. The van der Waals surface area contributed by atoms with Gasteiger partial charge in [0.1, 0.15) is 11.4 Å². The Bertz CT molecular complexity index is 1400. The Balaban J connectivity index is 1.65. The second kappa shape index (κ2) is 9.38. The summed E-state index contributed by atoms with van der Waals surface area (Å²) in [5.74, 6) is -0.948. The van der Waals surface area contributed by atoms with Gasteiger partial charge in [0.15, 0.2) is 12.4 Å². The number of benzene rings is 2. The van der Waals surface area contributed by atoms with E-state index in [9.17, 15) is 19.2 Å². The maximum Gasteiger partial charge on any atom is 0.426 e. The van der Waals surface area contributed by atoms with Crippen LogP contribution in [0.3, 0.4) is 0 Å². The number of nitrogens with zero attached hydrogens (tertiary/aromatic N) is 2. The zero-order valence-electron chi connectivity index (χ0n) is 19.3. The van der Waals surface area contributed by atoms with E-state index in [-0.39, 0.29) is 11.4 Å². The highest BCUT2D eigenvalue weighted by Crippen LogP contribution is 2.27. The first-order chi connectivity index (χ1) is 16.6. The Morgan fingerprint density at radius 2 is 1.54 bits per heavy atom.